The molecular formula is C18H34N4O5SSi. The molecule has 11 heteroatoms. The number of nitrogens with zero attached hydrogens (tertiary/aromatic N) is 3. The molecule has 0 unspecified atom stereocenters. The van der Waals surface area contributed by atoms with Gasteiger partial charge in [-0.25, -0.2) is 22.3 Å². The molecule has 0 fully saturated rings. The largest absolute Gasteiger partial charge is 0.475 e. The van der Waals surface area contributed by atoms with E-state index in [9.17, 15) is 13.2 Å². The maximum absolute atomic E-state index is 13.0. The van der Waals surface area contributed by atoms with Crippen LogP contribution in [0.4, 0.5) is 4.79 Å². The summed E-state index contributed by atoms with van der Waals surface area (Å²) < 4.78 is 41.5. The zero-order valence-electron chi connectivity index (χ0n) is 18.9. The number of ether oxygens (including phenoxy) is 2. The predicted octanol–water partition coefficient (Wildman–Crippen LogP) is 2.79. The number of amides is 1. The van der Waals surface area contributed by atoms with Crippen molar-refractivity contribution in [2.75, 3.05) is 13.7 Å². The smallest absolute Gasteiger partial charge is 0.410 e. The second-order valence-electron chi connectivity index (χ2n) is 10.0. The first kappa shape index (κ1) is 23.7. The highest BCUT2D eigenvalue weighted by molar-refractivity contribution is 7.91. The molecule has 2 heterocycles. The molecule has 1 aromatic heterocycles. The summed E-state index contributed by atoms with van der Waals surface area (Å²) in [5.74, 6) is 0.199. The fraction of sp³-hybridized carbons (Fsp3) is 0.778. The van der Waals surface area contributed by atoms with Crippen LogP contribution in [0, 0.1) is 0 Å². The average molecular weight is 447 g/mol. The van der Waals surface area contributed by atoms with Crippen molar-refractivity contribution in [2.45, 2.75) is 82.8 Å². The average Bonchev–Trinajstić information content (AvgIpc) is 2.94. The number of carbonyl (C=O) groups excluding carboxylic acids is 1. The molecule has 1 atom stereocenters. The fourth-order valence-electron chi connectivity index (χ4n) is 2.51. The van der Waals surface area contributed by atoms with Crippen molar-refractivity contribution in [3.63, 3.8) is 0 Å². The summed E-state index contributed by atoms with van der Waals surface area (Å²) in [6.07, 6.45) is 0.842. The van der Waals surface area contributed by atoms with Gasteiger partial charge in [0.1, 0.15) is 20.4 Å². The molecule has 166 valence electrons. The van der Waals surface area contributed by atoms with Crippen LogP contribution in [-0.2, 0) is 21.3 Å². The zero-order chi connectivity index (χ0) is 22.4. The maximum Gasteiger partial charge on any atom is 0.410 e. The lowest BCUT2D eigenvalue weighted by Gasteiger charge is -2.36. The molecule has 29 heavy (non-hydrogen) atoms. The van der Waals surface area contributed by atoms with Crippen LogP contribution >= 0.6 is 0 Å². The summed E-state index contributed by atoms with van der Waals surface area (Å²) in [6.45, 7) is 15.9. The topological polar surface area (TPSA) is 103 Å². The molecule has 2 rings (SSSR count). The number of rotatable bonds is 4. The molecule has 0 radical (unpaired) electrons. The quantitative estimate of drug-likeness (QED) is 0.714. The maximum atomic E-state index is 13.0. The van der Waals surface area contributed by atoms with Gasteiger partial charge in [0.15, 0.2) is 4.90 Å². The number of sulfonamides is 1. The predicted molar refractivity (Wildman–Crippen MR) is 113 cm³/mol. The lowest BCUT2D eigenvalue weighted by atomic mass is 10.2. The van der Waals surface area contributed by atoms with Crippen molar-refractivity contribution >= 4 is 24.4 Å². The third-order valence-electron chi connectivity index (χ3n) is 5.34. The first-order valence-corrected chi connectivity index (χ1v) is 14.1. The SMILES string of the molecule is CN(C(=O)OC(C)(C)C)[C@H]1COc2c(S(=O)(=O)N[Si](C)(C)C(C)(C)C)cnn2C1. The number of hydrogen-bond acceptors (Lipinski definition) is 6. The third-order valence-corrected chi connectivity index (χ3v) is 13.1. The van der Waals surface area contributed by atoms with Crippen LogP contribution in [-0.4, -0.2) is 62.7 Å². The van der Waals surface area contributed by atoms with E-state index in [2.05, 4.69) is 9.49 Å². The van der Waals surface area contributed by atoms with E-state index in [1.54, 1.807) is 27.8 Å². The van der Waals surface area contributed by atoms with Gasteiger partial charge in [-0.05, 0) is 25.8 Å². The van der Waals surface area contributed by atoms with E-state index < -0.39 is 30.0 Å². The molecule has 0 saturated carbocycles. The Morgan fingerprint density at radius 1 is 1.31 bits per heavy atom. The molecule has 0 aliphatic carbocycles. The van der Waals surface area contributed by atoms with E-state index in [1.165, 1.54) is 15.8 Å². The number of fused-ring (bicyclic) bond motifs is 1. The normalized spacial score (nSPS) is 18.0. The summed E-state index contributed by atoms with van der Waals surface area (Å²) >= 11 is 0. The van der Waals surface area contributed by atoms with Gasteiger partial charge < -0.3 is 14.4 Å². The minimum atomic E-state index is -3.78. The minimum absolute atomic E-state index is 0.0284. The molecule has 9 nitrogen and oxygen atoms in total. The Morgan fingerprint density at radius 3 is 2.41 bits per heavy atom. The monoisotopic (exact) mass is 446 g/mol. The standard InChI is InChI=1S/C18H34N4O5SSi/c1-17(2,3)27-16(23)21(7)13-11-22-15(26-12-13)14(10-19-22)28(24,25)20-29(8,9)18(4,5)6/h10,13,20H,11-12H2,1-9H3/t13-/m1/s1. The highest BCUT2D eigenvalue weighted by Gasteiger charge is 2.41. The lowest BCUT2D eigenvalue weighted by Crippen LogP contribution is -2.54. The summed E-state index contributed by atoms with van der Waals surface area (Å²) in [7, 11) is -4.46. The van der Waals surface area contributed by atoms with E-state index in [4.69, 9.17) is 9.47 Å². The van der Waals surface area contributed by atoms with Crippen LogP contribution in [0.15, 0.2) is 11.1 Å². The number of carbonyl (C=O) groups is 1. The van der Waals surface area contributed by atoms with E-state index in [-0.39, 0.29) is 28.5 Å². The van der Waals surface area contributed by atoms with Crippen molar-refractivity contribution in [3.8, 4) is 5.88 Å². The first-order chi connectivity index (χ1) is 12.9. The molecule has 1 amide bonds. The Morgan fingerprint density at radius 2 is 1.90 bits per heavy atom. The van der Waals surface area contributed by atoms with Gasteiger partial charge in [0.2, 0.25) is 15.9 Å². The van der Waals surface area contributed by atoms with Gasteiger partial charge in [0.25, 0.3) is 0 Å². The van der Waals surface area contributed by atoms with Crippen LogP contribution in [0.1, 0.15) is 41.5 Å². The van der Waals surface area contributed by atoms with Gasteiger partial charge in [-0.2, -0.15) is 5.10 Å². The van der Waals surface area contributed by atoms with E-state index >= 15 is 0 Å². The van der Waals surface area contributed by atoms with Gasteiger partial charge in [-0.15, -0.1) is 0 Å². The number of nitrogens with one attached hydrogen (secondary N) is 1. The Balaban J connectivity index is 2.20. The molecule has 1 aromatic rings. The van der Waals surface area contributed by atoms with Crippen LogP contribution in [0.3, 0.4) is 0 Å². The van der Waals surface area contributed by atoms with Gasteiger partial charge in [-0.1, -0.05) is 33.9 Å². The summed E-state index contributed by atoms with van der Waals surface area (Å²) in [5, 5.41) is 4.03. The van der Waals surface area contributed by atoms with Crippen LogP contribution in [0.5, 0.6) is 5.88 Å². The molecule has 1 aliphatic heterocycles. The lowest BCUT2D eigenvalue weighted by molar-refractivity contribution is 0.0101. The van der Waals surface area contributed by atoms with Crippen molar-refractivity contribution in [3.05, 3.63) is 6.20 Å². The number of hydrogen-bond donors (Lipinski definition) is 1. The third kappa shape index (κ3) is 5.31. The number of aromatic nitrogens is 2. The van der Waals surface area contributed by atoms with Gasteiger partial charge >= 0.3 is 6.09 Å². The fourth-order valence-corrected chi connectivity index (χ4v) is 7.44. The van der Waals surface area contributed by atoms with Gasteiger partial charge in [0, 0.05) is 7.05 Å². The van der Waals surface area contributed by atoms with Crippen molar-refractivity contribution in [1.82, 2.24) is 19.1 Å². The molecule has 0 bridgehead atoms. The first-order valence-electron chi connectivity index (χ1n) is 9.63. The Labute approximate surface area is 174 Å². The molecule has 0 saturated heterocycles. The van der Waals surface area contributed by atoms with E-state index in [1.807, 2.05) is 33.9 Å². The molecule has 1 N–H and O–H groups in total. The highest BCUT2D eigenvalue weighted by Crippen LogP contribution is 2.36. The molecule has 0 spiro atoms. The summed E-state index contributed by atoms with van der Waals surface area (Å²) in [6, 6.07) is -0.318. The van der Waals surface area contributed by atoms with Crippen molar-refractivity contribution in [2.24, 2.45) is 0 Å². The van der Waals surface area contributed by atoms with E-state index in [0.717, 1.165) is 0 Å². The van der Waals surface area contributed by atoms with Gasteiger partial charge in [0.05, 0.1) is 18.8 Å². The Kier molecular flexibility index (Phi) is 6.19. The molecule has 1 aliphatic rings. The minimum Gasteiger partial charge on any atom is -0.475 e. The van der Waals surface area contributed by atoms with Crippen LogP contribution in [0.25, 0.3) is 0 Å². The van der Waals surface area contributed by atoms with Gasteiger partial charge in [-0.3, -0.25) is 0 Å². The number of likely N-dealkylation sites (N-methyl/N-ethyl adjacent to an activating group) is 1. The van der Waals surface area contributed by atoms with Crippen LogP contribution in [0.2, 0.25) is 18.1 Å². The second-order valence-corrected chi connectivity index (χ2v) is 17.0. The van der Waals surface area contributed by atoms with Crippen molar-refractivity contribution in [1.29, 1.82) is 0 Å². The Hall–Kier alpha value is -1.59. The Bertz CT molecular complexity index is 868. The molecular weight excluding hydrogens is 412 g/mol. The highest BCUT2D eigenvalue weighted by atomic mass is 32.2. The second kappa shape index (κ2) is 7.58. The van der Waals surface area contributed by atoms with E-state index in [0.29, 0.717) is 6.54 Å². The van der Waals surface area contributed by atoms with Crippen LogP contribution < -0.4 is 9.12 Å². The molecule has 0 aromatic carbocycles. The van der Waals surface area contributed by atoms with Crippen molar-refractivity contribution < 1.29 is 22.7 Å². The summed E-state index contributed by atoms with van der Waals surface area (Å²) in [4.78, 5) is 13.8. The summed E-state index contributed by atoms with van der Waals surface area (Å²) in [5.41, 5.74) is -0.603. The zero-order valence-corrected chi connectivity index (χ0v) is 20.7.